The van der Waals surface area contributed by atoms with Crippen LogP contribution in [-0.4, -0.2) is 35.1 Å². The Balaban J connectivity index is 2.89. The molecule has 0 saturated carbocycles. The number of carbonyl (C=O) groups is 1. The van der Waals surface area contributed by atoms with E-state index in [2.05, 4.69) is 0 Å². The Morgan fingerprint density at radius 1 is 1.47 bits per heavy atom. The Bertz CT molecular complexity index is 443. The van der Waals surface area contributed by atoms with Crippen molar-refractivity contribution in [2.75, 3.05) is 14.1 Å². The van der Waals surface area contributed by atoms with Crippen LogP contribution in [0.2, 0.25) is 0 Å². The van der Waals surface area contributed by atoms with E-state index < -0.39 is 0 Å². The Morgan fingerprint density at radius 2 is 2.12 bits per heavy atom. The summed E-state index contributed by atoms with van der Waals surface area (Å²) in [6.07, 6.45) is 0.351. The molecule has 0 amide bonds. The maximum absolute atomic E-state index is 11.4. The fourth-order valence-electron chi connectivity index (χ4n) is 1.19. The van der Waals surface area contributed by atoms with Gasteiger partial charge in [0.05, 0.1) is 5.56 Å². The molecule has 92 valence electrons. The quantitative estimate of drug-likeness (QED) is 0.661. The second-order valence-electron chi connectivity index (χ2n) is 3.72. The summed E-state index contributed by atoms with van der Waals surface area (Å²) in [6, 6.07) is 4.53. The number of hydrogen-bond acceptors (Lipinski definition) is 4. The minimum Gasteiger partial charge on any atom is -0.507 e. The zero-order valence-corrected chi connectivity index (χ0v) is 10.9. The van der Waals surface area contributed by atoms with Crippen molar-refractivity contribution in [3.8, 4) is 11.5 Å². The first kappa shape index (κ1) is 13.4. The predicted molar refractivity (Wildman–Crippen MR) is 69.6 cm³/mol. The number of ketones is 1. The molecule has 0 radical (unpaired) electrons. The summed E-state index contributed by atoms with van der Waals surface area (Å²) in [5, 5.41) is 9.98. The van der Waals surface area contributed by atoms with Crippen molar-refractivity contribution < 1.29 is 14.6 Å². The van der Waals surface area contributed by atoms with Crippen LogP contribution in [0.15, 0.2) is 18.2 Å². The Kier molecular flexibility index (Phi) is 4.45. The number of rotatable bonds is 3. The van der Waals surface area contributed by atoms with Crippen molar-refractivity contribution in [3.63, 3.8) is 0 Å². The highest BCUT2D eigenvalue weighted by Gasteiger charge is 2.11. The third kappa shape index (κ3) is 3.42. The first-order valence-corrected chi connectivity index (χ1v) is 5.62. The molecule has 0 saturated heterocycles. The number of nitrogens with zero attached hydrogens (tertiary/aromatic N) is 1. The summed E-state index contributed by atoms with van der Waals surface area (Å²) in [5.41, 5.74) is 0.302. The number of phenolic OH excluding ortho intramolecular Hbond substituents is 1. The smallest absolute Gasteiger partial charge is 0.264 e. The van der Waals surface area contributed by atoms with E-state index in [4.69, 9.17) is 17.0 Å². The highest BCUT2D eigenvalue weighted by Crippen LogP contribution is 2.25. The van der Waals surface area contributed by atoms with Crippen LogP contribution in [0.1, 0.15) is 23.7 Å². The van der Waals surface area contributed by atoms with E-state index in [1.54, 1.807) is 32.0 Å². The minimum absolute atomic E-state index is 0.0871. The predicted octanol–water partition coefficient (Wildman–Crippen LogP) is 2.21. The molecule has 0 unspecified atom stereocenters. The molecule has 1 N–H and O–H groups in total. The van der Waals surface area contributed by atoms with Gasteiger partial charge in [-0.15, -0.1) is 0 Å². The molecule has 0 fully saturated rings. The number of benzene rings is 1. The molecule has 0 atom stereocenters. The molecule has 0 bridgehead atoms. The fourth-order valence-corrected chi connectivity index (χ4v) is 1.29. The molecule has 0 aliphatic carbocycles. The molecule has 0 aromatic heterocycles. The van der Waals surface area contributed by atoms with Crippen molar-refractivity contribution in [3.05, 3.63) is 23.8 Å². The zero-order valence-electron chi connectivity index (χ0n) is 10.1. The van der Waals surface area contributed by atoms with Crippen LogP contribution in [-0.2, 0) is 0 Å². The lowest BCUT2D eigenvalue weighted by Crippen LogP contribution is -2.24. The van der Waals surface area contributed by atoms with Gasteiger partial charge >= 0.3 is 0 Å². The molecule has 4 nitrogen and oxygen atoms in total. The summed E-state index contributed by atoms with van der Waals surface area (Å²) in [7, 11) is 3.52. The first-order valence-electron chi connectivity index (χ1n) is 5.21. The summed E-state index contributed by atoms with van der Waals surface area (Å²) in [5.74, 6) is 0.217. The molecule has 0 aliphatic heterocycles. The van der Waals surface area contributed by atoms with Crippen LogP contribution >= 0.6 is 12.2 Å². The number of hydrogen-bond donors (Lipinski definition) is 1. The highest BCUT2D eigenvalue weighted by atomic mass is 32.1. The van der Waals surface area contributed by atoms with Gasteiger partial charge in [0, 0.05) is 26.6 Å². The van der Waals surface area contributed by atoms with Gasteiger partial charge in [-0.3, -0.25) is 4.79 Å². The molecular weight excluding hydrogens is 238 g/mol. The van der Waals surface area contributed by atoms with E-state index in [9.17, 15) is 9.90 Å². The maximum atomic E-state index is 11.4. The van der Waals surface area contributed by atoms with Crippen molar-refractivity contribution in [2.45, 2.75) is 13.3 Å². The van der Waals surface area contributed by atoms with E-state index in [1.807, 2.05) is 0 Å². The lowest BCUT2D eigenvalue weighted by atomic mass is 10.1. The van der Waals surface area contributed by atoms with Crippen LogP contribution in [0.3, 0.4) is 0 Å². The number of thiocarbonyl (C=S) groups is 1. The van der Waals surface area contributed by atoms with Crippen LogP contribution in [0, 0.1) is 0 Å². The van der Waals surface area contributed by atoms with Crippen LogP contribution in [0.5, 0.6) is 11.5 Å². The van der Waals surface area contributed by atoms with Gasteiger partial charge in [-0.05, 0) is 24.4 Å². The van der Waals surface area contributed by atoms with Gasteiger partial charge in [-0.25, -0.2) is 0 Å². The molecular formula is C12H15NO3S. The van der Waals surface area contributed by atoms with Gasteiger partial charge in [-0.2, -0.15) is 0 Å². The van der Waals surface area contributed by atoms with Gasteiger partial charge in [-0.1, -0.05) is 6.92 Å². The monoisotopic (exact) mass is 253 g/mol. The Morgan fingerprint density at radius 3 is 2.59 bits per heavy atom. The van der Waals surface area contributed by atoms with Crippen LogP contribution in [0.4, 0.5) is 0 Å². The number of carbonyl (C=O) groups excluding carboxylic acids is 1. The molecule has 0 heterocycles. The van der Waals surface area contributed by atoms with E-state index >= 15 is 0 Å². The fraction of sp³-hybridized carbons (Fsp3) is 0.333. The molecule has 5 heteroatoms. The third-order valence-corrected chi connectivity index (χ3v) is 2.61. The van der Waals surface area contributed by atoms with Gasteiger partial charge in [0.2, 0.25) is 0 Å². The SMILES string of the molecule is CCC(=O)c1ccc(OC(=S)N(C)C)cc1O. The lowest BCUT2D eigenvalue weighted by Gasteiger charge is -2.14. The number of ether oxygens (including phenoxy) is 1. The van der Waals surface area contributed by atoms with Crippen molar-refractivity contribution in [2.24, 2.45) is 0 Å². The van der Waals surface area contributed by atoms with Gasteiger partial charge in [0.25, 0.3) is 5.17 Å². The van der Waals surface area contributed by atoms with E-state index in [0.717, 1.165) is 0 Å². The lowest BCUT2D eigenvalue weighted by molar-refractivity contribution is 0.0985. The first-order chi connectivity index (χ1) is 7.95. The molecule has 0 aliphatic rings. The molecule has 1 aromatic carbocycles. The minimum atomic E-state index is -0.107. The Labute approximate surface area is 106 Å². The summed E-state index contributed by atoms with van der Waals surface area (Å²) < 4.78 is 5.31. The van der Waals surface area contributed by atoms with E-state index in [0.29, 0.717) is 22.9 Å². The number of phenols is 1. The zero-order chi connectivity index (χ0) is 13.0. The number of aromatic hydroxyl groups is 1. The third-order valence-electron chi connectivity index (χ3n) is 2.16. The highest BCUT2D eigenvalue weighted by molar-refractivity contribution is 7.80. The van der Waals surface area contributed by atoms with Gasteiger partial charge in [0.1, 0.15) is 11.5 Å². The van der Waals surface area contributed by atoms with Crippen molar-refractivity contribution >= 4 is 23.2 Å². The van der Waals surface area contributed by atoms with Crippen LogP contribution < -0.4 is 4.74 Å². The van der Waals surface area contributed by atoms with Crippen molar-refractivity contribution in [1.82, 2.24) is 4.90 Å². The topological polar surface area (TPSA) is 49.8 Å². The molecule has 17 heavy (non-hydrogen) atoms. The molecule has 1 aromatic rings. The van der Waals surface area contributed by atoms with Gasteiger partial charge in [0.15, 0.2) is 5.78 Å². The van der Waals surface area contributed by atoms with Crippen molar-refractivity contribution in [1.29, 1.82) is 0 Å². The summed E-state index contributed by atoms with van der Waals surface area (Å²) >= 11 is 4.97. The standard InChI is InChI=1S/C12H15NO3S/c1-4-10(14)9-6-5-8(7-11(9)15)16-12(17)13(2)3/h5-7,15H,4H2,1-3H3. The average molecular weight is 253 g/mol. The second kappa shape index (κ2) is 5.63. The normalized spacial score (nSPS) is 9.82. The Hall–Kier alpha value is -1.62. The van der Waals surface area contributed by atoms with Gasteiger partial charge < -0.3 is 14.7 Å². The number of Topliss-reactive ketones (excluding diaryl/α,β-unsaturated/α-hetero) is 1. The maximum Gasteiger partial charge on any atom is 0.264 e. The summed E-state index contributed by atoms with van der Waals surface area (Å²) in [4.78, 5) is 13.1. The summed E-state index contributed by atoms with van der Waals surface area (Å²) in [6.45, 7) is 1.74. The molecule has 1 rings (SSSR count). The molecule has 0 spiro atoms. The van der Waals surface area contributed by atoms with E-state index in [1.165, 1.54) is 12.1 Å². The second-order valence-corrected chi connectivity index (χ2v) is 4.07. The largest absolute Gasteiger partial charge is 0.507 e. The van der Waals surface area contributed by atoms with E-state index in [-0.39, 0.29) is 11.5 Å². The van der Waals surface area contributed by atoms with Crippen LogP contribution in [0.25, 0.3) is 0 Å². The average Bonchev–Trinajstić information content (AvgIpc) is 2.28.